The Hall–Kier alpha value is -1.19. The number of carbonyl (C=O) groups is 1. The lowest BCUT2D eigenvalue weighted by Crippen LogP contribution is -2.56. The van der Waals surface area contributed by atoms with E-state index in [1.165, 1.54) is 0 Å². The Morgan fingerprint density at radius 3 is 2.62 bits per heavy atom. The molecule has 0 aliphatic carbocycles. The van der Waals surface area contributed by atoms with Gasteiger partial charge < -0.3 is 14.9 Å². The molecule has 9 heteroatoms. The summed E-state index contributed by atoms with van der Waals surface area (Å²) in [6.07, 6.45) is -7.48. The van der Waals surface area contributed by atoms with Gasteiger partial charge in [-0.1, -0.05) is 6.92 Å². The van der Waals surface area contributed by atoms with Gasteiger partial charge in [0.1, 0.15) is 6.23 Å². The molecule has 0 unspecified atom stereocenters. The van der Waals surface area contributed by atoms with Crippen LogP contribution < -0.4 is 0 Å². The van der Waals surface area contributed by atoms with Crippen molar-refractivity contribution in [3.63, 3.8) is 0 Å². The third kappa shape index (κ3) is 2.65. The maximum Gasteiger partial charge on any atom is 0.422 e. The minimum Gasteiger partial charge on any atom is -0.393 e. The van der Waals surface area contributed by atoms with E-state index in [2.05, 4.69) is 4.99 Å². The first kappa shape index (κ1) is 16.2. The fourth-order valence-electron chi connectivity index (χ4n) is 2.55. The second-order valence-corrected chi connectivity index (χ2v) is 5.13. The largest absolute Gasteiger partial charge is 0.422 e. The van der Waals surface area contributed by atoms with Crippen LogP contribution >= 0.6 is 0 Å². The number of rotatable bonds is 3. The van der Waals surface area contributed by atoms with Crippen molar-refractivity contribution in [3.05, 3.63) is 0 Å². The van der Waals surface area contributed by atoms with Gasteiger partial charge in [-0.25, -0.2) is 9.79 Å². The molecule has 2 aliphatic rings. The van der Waals surface area contributed by atoms with Crippen molar-refractivity contribution < 1.29 is 32.9 Å². The Morgan fingerprint density at radius 1 is 1.52 bits per heavy atom. The normalized spacial score (nSPS) is 34.3. The van der Waals surface area contributed by atoms with E-state index >= 15 is 0 Å². The van der Waals surface area contributed by atoms with Gasteiger partial charge >= 0.3 is 12.2 Å². The summed E-state index contributed by atoms with van der Waals surface area (Å²) in [5, 5.41) is 18.7. The smallest absolute Gasteiger partial charge is 0.393 e. The monoisotopic (exact) mass is 310 g/mol. The number of urea groups is 1. The van der Waals surface area contributed by atoms with E-state index in [1.54, 1.807) is 0 Å². The van der Waals surface area contributed by atoms with E-state index in [1.807, 2.05) is 6.92 Å². The predicted molar refractivity (Wildman–Crippen MR) is 65.8 cm³/mol. The van der Waals surface area contributed by atoms with Crippen molar-refractivity contribution in [2.45, 2.75) is 50.3 Å². The van der Waals surface area contributed by atoms with E-state index in [0.717, 1.165) is 4.90 Å². The van der Waals surface area contributed by atoms with E-state index in [4.69, 9.17) is 9.84 Å². The van der Waals surface area contributed by atoms with Crippen molar-refractivity contribution in [1.82, 2.24) is 4.90 Å². The maximum atomic E-state index is 13.0. The highest BCUT2D eigenvalue weighted by Gasteiger charge is 2.66. The van der Waals surface area contributed by atoms with Gasteiger partial charge in [0.15, 0.2) is 0 Å². The summed E-state index contributed by atoms with van der Waals surface area (Å²) in [6, 6.07) is -0.675. The quantitative estimate of drug-likeness (QED) is 0.817. The number of amides is 2. The van der Waals surface area contributed by atoms with Crippen LogP contribution in [0.15, 0.2) is 4.99 Å². The molecule has 2 rings (SSSR count). The van der Waals surface area contributed by atoms with Crippen LogP contribution in [0.1, 0.15) is 26.2 Å². The van der Waals surface area contributed by atoms with E-state index < -0.39 is 43.2 Å². The number of aliphatic imine (C=N–C) groups is 1. The average molecular weight is 310 g/mol. The number of ether oxygens (including phenoxy) is 1. The van der Waals surface area contributed by atoms with Crippen molar-refractivity contribution in [2.75, 3.05) is 13.2 Å². The number of halogens is 3. The van der Waals surface area contributed by atoms with Crippen LogP contribution in [0.5, 0.6) is 0 Å². The molecule has 2 aliphatic heterocycles. The minimum atomic E-state index is -4.94. The predicted octanol–water partition coefficient (Wildman–Crippen LogP) is 1.06. The molecule has 21 heavy (non-hydrogen) atoms. The molecule has 0 aromatic heterocycles. The number of alkyl halides is 3. The number of aliphatic hydroxyl groups is 2. The number of aliphatic hydroxyl groups excluding tert-OH is 2. The molecule has 0 radical (unpaired) electrons. The molecule has 0 aromatic rings. The van der Waals surface area contributed by atoms with Crippen LogP contribution in [0, 0.1) is 0 Å². The second kappa shape index (κ2) is 5.54. The number of hydrogen-bond acceptors (Lipinski definition) is 4. The molecule has 0 bridgehead atoms. The van der Waals surface area contributed by atoms with Crippen molar-refractivity contribution in [2.24, 2.45) is 4.99 Å². The first-order chi connectivity index (χ1) is 9.75. The maximum absolute atomic E-state index is 13.0. The van der Waals surface area contributed by atoms with Gasteiger partial charge in [-0.05, 0) is 6.42 Å². The summed E-state index contributed by atoms with van der Waals surface area (Å²) in [7, 11) is 0. The van der Waals surface area contributed by atoms with Gasteiger partial charge in [0.2, 0.25) is 5.60 Å². The Bertz CT molecular complexity index is 454. The molecule has 0 saturated carbocycles. The zero-order valence-electron chi connectivity index (χ0n) is 11.4. The standard InChI is InChI=1S/C12H17F3N2O4/c1-2-7-3-4-17(10(20)16-7)9-5-8(19)11(6-18,21-9)12(13,14)15/h8-9,18-19H,2-6H2,1H3/t8-,9+,11+/m0/s1. The topological polar surface area (TPSA) is 82.4 Å². The number of nitrogens with zero attached hydrogens (tertiary/aromatic N) is 2. The molecule has 6 nitrogen and oxygen atoms in total. The highest BCUT2D eigenvalue weighted by atomic mass is 19.4. The molecule has 2 N–H and O–H groups in total. The third-order valence-corrected chi connectivity index (χ3v) is 3.92. The molecule has 120 valence electrons. The summed E-state index contributed by atoms with van der Waals surface area (Å²) in [4.78, 5) is 16.7. The molecule has 0 aromatic carbocycles. The highest BCUT2D eigenvalue weighted by molar-refractivity contribution is 5.97. The summed E-state index contributed by atoms with van der Waals surface area (Å²) in [6.45, 7) is 0.611. The minimum absolute atomic E-state index is 0.183. The van der Waals surface area contributed by atoms with Crippen molar-refractivity contribution >= 4 is 11.7 Å². The van der Waals surface area contributed by atoms with Gasteiger partial charge in [-0.15, -0.1) is 0 Å². The van der Waals surface area contributed by atoms with E-state index in [0.29, 0.717) is 18.6 Å². The fourth-order valence-corrected chi connectivity index (χ4v) is 2.55. The summed E-state index contributed by atoms with van der Waals surface area (Å²) < 4.78 is 44.0. The van der Waals surface area contributed by atoms with Gasteiger partial charge in [-0.3, -0.25) is 4.90 Å². The van der Waals surface area contributed by atoms with E-state index in [9.17, 15) is 23.1 Å². The SMILES string of the molecule is CCC1=NC(=O)N([C@H]2C[C@H](O)[C@](CO)(C(F)(F)F)O2)CC1. The fraction of sp³-hybridized carbons (Fsp3) is 0.833. The molecule has 1 saturated heterocycles. The van der Waals surface area contributed by atoms with Crippen molar-refractivity contribution in [3.8, 4) is 0 Å². The van der Waals surface area contributed by atoms with Crippen LogP contribution in [0.4, 0.5) is 18.0 Å². The Morgan fingerprint density at radius 2 is 2.19 bits per heavy atom. The molecule has 3 atom stereocenters. The Kier molecular flexibility index (Phi) is 4.27. The lowest BCUT2D eigenvalue weighted by Gasteiger charge is -2.34. The van der Waals surface area contributed by atoms with Crippen LogP contribution in [0.2, 0.25) is 0 Å². The number of carbonyl (C=O) groups excluding carboxylic acids is 1. The first-order valence-electron chi connectivity index (χ1n) is 6.65. The molecular formula is C12H17F3N2O4. The Labute approximate surface area is 119 Å². The third-order valence-electron chi connectivity index (χ3n) is 3.92. The Balaban J connectivity index is 2.18. The molecular weight excluding hydrogens is 293 g/mol. The lowest BCUT2D eigenvalue weighted by atomic mass is 9.97. The summed E-state index contributed by atoms with van der Waals surface area (Å²) in [5.41, 5.74) is -2.37. The zero-order chi connectivity index (χ0) is 15.8. The zero-order valence-corrected chi connectivity index (χ0v) is 11.4. The average Bonchev–Trinajstić information content (AvgIpc) is 2.76. The second-order valence-electron chi connectivity index (χ2n) is 5.13. The summed E-state index contributed by atoms with van der Waals surface area (Å²) in [5.74, 6) is 0. The van der Waals surface area contributed by atoms with Gasteiger partial charge in [0.05, 0.1) is 12.7 Å². The van der Waals surface area contributed by atoms with Crippen LogP contribution in [0.25, 0.3) is 0 Å². The summed E-state index contributed by atoms with van der Waals surface area (Å²) >= 11 is 0. The number of hydrogen-bond donors (Lipinski definition) is 2. The molecule has 2 amide bonds. The van der Waals surface area contributed by atoms with Crippen LogP contribution in [-0.4, -0.2) is 64.1 Å². The van der Waals surface area contributed by atoms with Crippen LogP contribution in [0.3, 0.4) is 0 Å². The van der Waals surface area contributed by atoms with E-state index in [-0.39, 0.29) is 6.54 Å². The molecule has 2 heterocycles. The van der Waals surface area contributed by atoms with Gasteiger partial charge in [0, 0.05) is 25.1 Å². The lowest BCUT2D eigenvalue weighted by molar-refractivity contribution is -0.306. The molecule has 0 spiro atoms. The first-order valence-corrected chi connectivity index (χ1v) is 6.65. The highest BCUT2D eigenvalue weighted by Crippen LogP contribution is 2.44. The van der Waals surface area contributed by atoms with Crippen molar-refractivity contribution in [1.29, 1.82) is 0 Å². The van der Waals surface area contributed by atoms with Gasteiger partial charge in [0.25, 0.3) is 0 Å². The van der Waals surface area contributed by atoms with Crippen LogP contribution in [-0.2, 0) is 4.74 Å². The molecule has 1 fully saturated rings. The van der Waals surface area contributed by atoms with Gasteiger partial charge in [-0.2, -0.15) is 13.2 Å².